The number of halogens is 1. The first-order chi connectivity index (χ1) is 17.6. The van der Waals surface area contributed by atoms with E-state index in [1.54, 1.807) is 24.7 Å². The molecule has 0 atom stereocenters. The molecule has 7 nitrogen and oxygen atoms in total. The van der Waals surface area contributed by atoms with Crippen molar-refractivity contribution >= 4 is 16.8 Å². The van der Waals surface area contributed by atoms with Crippen LogP contribution in [0.4, 0.5) is 4.39 Å². The van der Waals surface area contributed by atoms with E-state index in [2.05, 4.69) is 20.3 Å². The number of H-pyrrole nitrogens is 1. The monoisotopic (exact) mass is 481 g/mol. The molecule has 3 aromatic heterocycles. The second kappa shape index (κ2) is 10.4. The summed E-state index contributed by atoms with van der Waals surface area (Å²) < 4.78 is 15.0. The fourth-order valence-electron chi connectivity index (χ4n) is 4.17. The maximum absolute atomic E-state index is 13.5. The predicted molar refractivity (Wildman–Crippen MR) is 136 cm³/mol. The van der Waals surface area contributed by atoms with Gasteiger partial charge in [0.2, 0.25) is 5.91 Å². The number of rotatable bonds is 8. The maximum atomic E-state index is 13.5. The van der Waals surface area contributed by atoms with Crippen molar-refractivity contribution in [2.75, 3.05) is 0 Å². The zero-order valence-corrected chi connectivity index (χ0v) is 19.4. The van der Waals surface area contributed by atoms with Gasteiger partial charge in [-0.1, -0.05) is 42.5 Å². The van der Waals surface area contributed by atoms with E-state index in [9.17, 15) is 14.0 Å². The number of aryl methyl sites for hydroxylation is 2. The van der Waals surface area contributed by atoms with Crippen molar-refractivity contribution in [3.8, 4) is 11.3 Å². The molecule has 5 rings (SSSR count). The van der Waals surface area contributed by atoms with Crippen LogP contribution in [0.25, 0.3) is 22.2 Å². The highest BCUT2D eigenvalue weighted by Crippen LogP contribution is 2.18. The molecule has 8 heteroatoms. The number of pyridine rings is 1. The van der Waals surface area contributed by atoms with E-state index in [1.165, 1.54) is 16.7 Å². The number of hydrogen-bond donors (Lipinski definition) is 2. The largest absolute Gasteiger partial charge is 0.357 e. The van der Waals surface area contributed by atoms with Crippen LogP contribution >= 0.6 is 0 Å². The summed E-state index contributed by atoms with van der Waals surface area (Å²) in [5, 5.41) is 3.85. The average molecular weight is 482 g/mol. The van der Waals surface area contributed by atoms with E-state index in [0.29, 0.717) is 30.8 Å². The van der Waals surface area contributed by atoms with Gasteiger partial charge in [0, 0.05) is 29.0 Å². The number of nitrogens with one attached hydrogen (secondary N) is 2. The molecule has 0 bridgehead atoms. The van der Waals surface area contributed by atoms with Gasteiger partial charge in [0.1, 0.15) is 18.1 Å². The summed E-state index contributed by atoms with van der Waals surface area (Å²) in [7, 11) is 0. The van der Waals surface area contributed by atoms with Crippen LogP contribution in [0.5, 0.6) is 0 Å². The summed E-state index contributed by atoms with van der Waals surface area (Å²) in [4.78, 5) is 38.1. The van der Waals surface area contributed by atoms with E-state index >= 15 is 0 Å². The lowest BCUT2D eigenvalue weighted by atomic mass is 10.1. The van der Waals surface area contributed by atoms with Gasteiger partial charge in [-0.25, -0.2) is 4.39 Å². The summed E-state index contributed by atoms with van der Waals surface area (Å²) >= 11 is 0. The lowest BCUT2D eigenvalue weighted by molar-refractivity contribution is -0.121. The van der Waals surface area contributed by atoms with Gasteiger partial charge >= 0.3 is 0 Å². The third-order valence-electron chi connectivity index (χ3n) is 5.99. The molecule has 0 saturated heterocycles. The summed E-state index contributed by atoms with van der Waals surface area (Å²) in [6.07, 6.45) is 5.88. The number of hydrogen-bond acceptors (Lipinski definition) is 4. The second-order valence-corrected chi connectivity index (χ2v) is 8.51. The average Bonchev–Trinajstić information content (AvgIpc) is 3.32. The van der Waals surface area contributed by atoms with Crippen molar-refractivity contribution in [1.82, 2.24) is 24.8 Å². The first-order valence-corrected chi connectivity index (χ1v) is 11.6. The van der Waals surface area contributed by atoms with Crippen molar-refractivity contribution in [3.05, 3.63) is 118 Å². The second-order valence-electron chi connectivity index (χ2n) is 8.51. The Kier molecular flexibility index (Phi) is 6.66. The molecule has 0 fully saturated rings. The molecule has 2 N–H and O–H groups in total. The Morgan fingerprint density at radius 1 is 1.00 bits per heavy atom. The minimum Gasteiger partial charge on any atom is -0.357 e. The number of aromatic nitrogens is 4. The predicted octanol–water partition coefficient (Wildman–Crippen LogP) is 4.03. The normalized spacial score (nSPS) is 11.0. The quantitative estimate of drug-likeness (QED) is 0.350. The summed E-state index contributed by atoms with van der Waals surface area (Å²) in [5.41, 5.74) is 3.90. The third kappa shape index (κ3) is 5.22. The Morgan fingerprint density at radius 3 is 2.67 bits per heavy atom. The van der Waals surface area contributed by atoms with E-state index < -0.39 is 0 Å². The molecule has 180 valence electrons. The molecule has 0 saturated carbocycles. The standard InChI is InChI=1S/C28H24FN5O2/c29-22-8-4-5-19(13-22)9-10-25-28(36)34(26(17-31-25)20-6-2-1-3-7-20)18-27(35)32-16-23-14-21-15-30-12-11-24(21)33-23/h1-8,11-15,17,33H,9-10,16,18H2,(H,32,35). The molecule has 0 radical (unpaired) electrons. The molecule has 5 aromatic rings. The molecule has 0 aliphatic rings. The van der Waals surface area contributed by atoms with Gasteiger partial charge in [0.05, 0.1) is 18.4 Å². The van der Waals surface area contributed by atoms with Crippen molar-refractivity contribution in [3.63, 3.8) is 0 Å². The van der Waals surface area contributed by atoms with Gasteiger partial charge in [0.25, 0.3) is 5.56 Å². The maximum Gasteiger partial charge on any atom is 0.273 e. The third-order valence-corrected chi connectivity index (χ3v) is 5.99. The van der Waals surface area contributed by atoms with Crippen molar-refractivity contribution in [1.29, 1.82) is 0 Å². The van der Waals surface area contributed by atoms with Crippen molar-refractivity contribution in [2.24, 2.45) is 0 Å². The van der Waals surface area contributed by atoms with Crippen LogP contribution in [0.3, 0.4) is 0 Å². The van der Waals surface area contributed by atoms with Crippen LogP contribution in [0.1, 0.15) is 17.0 Å². The lowest BCUT2D eigenvalue weighted by Gasteiger charge is -2.14. The highest BCUT2D eigenvalue weighted by atomic mass is 19.1. The van der Waals surface area contributed by atoms with E-state index in [-0.39, 0.29) is 23.8 Å². The minimum absolute atomic E-state index is 0.152. The molecule has 0 aliphatic carbocycles. The van der Waals surface area contributed by atoms with Gasteiger partial charge in [0.15, 0.2) is 0 Å². The van der Waals surface area contributed by atoms with Gasteiger partial charge in [-0.05, 0) is 48.2 Å². The smallest absolute Gasteiger partial charge is 0.273 e. The fourth-order valence-corrected chi connectivity index (χ4v) is 4.17. The van der Waals surface area contributed by atoms with Gasteiger partial charge in [-0.2, -0.15) is 0 Å². The first kappa shape index (κ1) is 23.2. The fraction of sp³-hybridized carbons (Fsp3) is 0.143. The van der Waals surface area contributed by atoms with Gasteiger partial charge < -0.3 is 10.3 Å². The number of carbonyl (C=O) groups excluding carboxylic acids is 1. The first-order valence-electron chi connectivity index (χ1n) is 11.6. The van der Waals surface area contributed by atoms with E-state index in [4.69, 9.17) is 0 Å². The zero-order chi connectivity index (χ0) is 24.9. The minimum atomic E-state index is -0.334. The van der Waals surface area contributed by atoms with Crippen LogP contribution in [0.2, 0.25) is 0 Å². The molecular formula is C28H24FN5O2. The topological polar surface area (TPSA) is 92.7 Å². The zero-order valence-electron chi connectivity index (χ0n) is 19.4. The van der Waals surface area contributed by atoms with E-state index in [0.717, 1.165) is 27.7 Å². The molecule has 3 heterocycles. The van der Waals surface area contributed by atoms with E-state index in [1.807, 2.05) is 48.5 Å². The van der Waals surface area contributed by atoms with Crippen molar-refractivity contribution < 1.29 is 9.18 Å². The highest BCUT2D eigenvalue weighted by molar-refractivity contribution is 5.80. The number of aromatic amines is 1. The lowest BCUT2D eigenvalue weighted by Crippen LogP contribution is -2.34. The van der Waals surface area contributed by atoms with Crippen LogP contribution in [0, 0.1) is 5.82 Å². The van der Waals surface area contributed by atoms with Crippen LogP contribution in [0.15, 0.2) is 90.1 Å². The summed E-state index contributed by atoms with van der Waals surface area (Å²) in [6, 6.07) is 19.5. The molecule has 1 amide bonds. The van der Waals surface area contributed by atoms with Crippen LogP contribution < -0.4 is 10.9 Å². The molecule has 36 heavy (non-hydrogen) atoms. The summed E-state index contributed by atoms with van der Waals surface area (Å²) in [6.45, 7) is 0.140. The van der Waals surface area contributed by atoms with Crippen LogP contribution in [-0.2, 0) is 30.7 Å². The molecule has 2 aromatic carbocycles. The molecule has 0 unspecified atom stereocenters. The highest BCUT2D eigenvalue weighted by Gasteiger charge is 2.15. The Labute approximate surface area is 206 Å². The molecule has 0 aliphatic heterocycles. The Balaban J connectivity index is 1.37. The van der Waals surface area contributed by atoms with Gasteiger partial charge in [-0.3, -0.25) is 24.1 Å². The Bertz CT molecular complexity index is 1540. The SMILES string of the molecule is O=C(Cn1c(-c2ccccc2)cnc(CCc2cccc(F)c2)c1=O)NCc1cc2cnccc2[nH]1. The number of carbonyl (C=O) groups is 1. The van der Waals surface area contributed by atoms with Crippen LogP contribution in [-0.4, -0.2) is 25.4 Å². The number of amides is 1. The molecule has 0 spiro atoms. The number of fused-ring (bicyclic) bond motifs is 1. The number of nitrogens with zero attached hydrogens (tertiary/aromatic N) is 3. The number of benzene rings is 2. The Morgan fingerprint density at radius 2 is 1.86 bits per heavy atom. The summed E-state index contributed by atoms with van der Waals surface area (Å²) in [5.74, 6) is -0.617. The Hall–Kier alpha value is -4.59. The van der Waals surface area contributed by atoms with Crippen molar-refractivity contribution in [2.45, 2.75) is 25.9 Å². The molecular weight excluding hydrogens is 457 g/mol. The van der Waals surface area contributed by atoms with Gasteiger partial charge in [-0.15, -0.1) is 0 Å².